The van der Waals surface area contributed by atoms with Crippen LogP contribution in [0.1, 0.15) is 12.7 Å². The van der Waals surface area contributed by atoms with E-state index >= 15 is 0 Å². The number of carbonyl (C=O) groups excluding carboxylic acids is 1. The van der Waals surface area contributed by atoms with E-state index in [4.69, 9.17) is 4.42 Å². The second-order valence-electron chi connectivity index (χ2n) is 7.19. The maximum atomic E-state index is 12.8. The minimum Gasteiger partial charge on any atom is -0.469 e. The van der Waals surface area contributed by atoms with Crippen LogP contribution in [0.4, 0.5) is 10.8 Å². The zero-order valence-corrected chi connectivity index (χ0v) is 19.9. The number of non-ortho nitro benzene ring substituents is 1. The lowest BCUT2D eigenvalue weighted by atomic mass is 10.1. The number of rotatable bonds is 9. The monoisotopic (exact) mass is 496 g/mol. The molecule has 1 amide bonds. The number of amides is 1. The molecule has 0 radical (unpaired) electrons. The molecule has 0 fully saturated rings. The summed E-state index contributed by atoms with van der Waals surface area (Å²) < 4.78 is 7.26. The van der Waals surface area contributed by atoms with Gasteiger partial charge in [-0.1, -0.05) is 30.0 Å². The maximum absolute atomic E-state index is 12.8. The number of nitrogens with one attached hydrogen (secondary N) is 1. The van der Waals surface area contributed by atoms with Gasteiger partial charge in [0.15, 0.2) is 16.1 Å². The molecule has 0 saturated carbocycles. The molecule has 0 aliphatic heterocycles. The number of benzene rings is 1. The second kappa shape index (κ2) is 10.0. The van der Waals surface area contributed by atoms with Gasteiger partial charge in [0, 0.05) is 29.6 Å². The van der Waals surface area contributed by atoms with Gasteiger partial charge < -0.3 is 9.73 Å². The Kier molecular flexibility index (Phi) is 6.89. The third kappa shape index (κ3) is 4.92. The Morgan fingerprint density at radius 3 is 2.94 bits per heavy atom. The summed E-state index contributed by atoms with van der Waals surface area (Å²) >= 11 is 2.52. The first-order valence-corrected chi connectivity index (χ1v) is 11.9. The molecule has 10 nitrogen and oxygen atoms in total. The van der Waals surface area contributed by atoms with Crippen LogP contribution >= 0.6 is 23.1 Å². The molecule has 34 heavy (non-hydrogen) atoms. The summed E-state index contributed by atoms with van der Waals surface area (Å²) in [5.74, 6) is 1.12. The molecule has 12 heteroatoms. The summed E-state index contributed by atoms with van der Waals surface area (Å²) in [6, 6.07) is 8.03. The lowest BCUT2D eigenvalue weighted by molar-refractivity contribution is -0.384. The molecular formula is C22H20N6O4S2. The molecule has 1 N–H and O–H groups in total. The van der Waals surface area contributed by atoms with E-state index in [0.29, 0.717) is 33.9 Å². The average molecular weight is 497 g/mol. The van der Waals surface area contributed by atoms with Gasteiger partial charge in [-0.25, -0.2) is 4.98 Å². The molecule has 0 aliphatic carbocycles. The van der Waals surface area contributed by atoms with Gasteiger partial charge in [0.2, 0.25) is 5.91 Å². The second-order valence-corrected chi connectivity index (χ2v) is 9.36. The highest BCUT2D eigenvalue weighted by Crippen LogP contribution is 2.31. The van der Waals surface area contributed by atoms with E-state index in [1.807, 2.05) is 17.6 Å². The normalized spacial score (nSPS) is 11.8. The maximum Gasteiger partial charge on any atom is 0.270 e. The molecule has 0 saturated heterocycles. The van der Waals surface area contributed by atoms with Crippen molar-refractivity contribution in [2.75, 3.05) is 5.32 Å². The molecule has 0 spiro atoms. The molecule has 1 unspecified atom stereocenters. The van der Waals surface area contributed by atoms with Crippen molar-refractivity contribution in [2.24, 2.45) is 0 Å². The molecule has 0 bridgehead atoms. The van der Waals surface area contributed by atoms with Gasteiger partial charge in [-0.15, -0.1) is 28.1 Å². The largest absolute Gasteiger partial charge is 0.469 e. The highest BCUT2D eigenvalue weighted by Gasteiger charge is 2.22. The zero-order valence-electron chi connectivity index (χ0n) is 18.3. The number of nitro benzene ring substituents is 1. The Morgan fingerprint density at radius 2 is 2.24 bits per heavy atom. The zero-order chi connectivity index (χ0) is 24.2. The Morgan fingerprint density at radius 1 is 1.41 bits per heavy atom. The van der Waals surface area contributed by atoms with Gasteiger partial charge in [-0.3, -0.25) is 19.5 Å². The minimum atomic E-state index is -0.490. The lowest BCUT2D eigenvalue weighted by Crippen LogP contribution is -2.22. The highest BCUT2D eigenvalue weighted by molar-refractivity contribution is 8.00. The molecule has 4 rings (SSSR count). The third-order valence-electron chi connectivity index (χ3n) is 4.87. The number of nitro groups is 1. The summed E-state index contributed by atoms with van der Waals surface area (Å²) in [7, 11) is 0. The van der Waals surface area contributed by atoms with Crippen LogP contribution in [0.2, 0.25) is 0 Å². The fourth-order valence-electron chi connectivity index (χ4n) is 3.15. The number of furan rings is 1. The van der Waals surface area contributed by atoms with Gasteiger partial charge >= 0.3 is 0 Å². The first-order valence-electron chi connectivity index (χ1n) is 10.1. The molecule has 0 aliphatic rings. The minimum absolute atomic E-state index is 0.0188. The van der Waals surface area contributed by atoms with Crippen molar-refractivity contribution in [3.05, 3.63) is 70.5 Å². The van der Waals surface area contributed by atoms with Gasteiger partial charge in [0.05, 0.1) is 27.7 Å². The molecule has 1 aromatic carbocycles. The topological polar surface area (TPSA) is 129 Å². The van der Waals surface area contributed by atoms with Crippen molar-refractivity contribution in [3.63, 3.8) is 0 Å². The van der Waals surface area contributed by atoms with Gasteiger partial charge in [-0.2, -0.15) is 0 Å². The average Bonchev–Trinajstić information content (AvgIpc) is 3.55. The highest BCUT2D eigenvalue weighted by atomic mass is 32.2. The predicted molar refractivity (Wildman–Crippen MR) is 131 cm³/mol. The Balaban J connectivity index is 1.47. The standard InChI is InChI=1S/C22H20N6O4S2/c1-4-9-27-19(17-8-10-32-13(17)2)25-26-22(27)34-14(3)20(29)24-21-23-18(12-33-21)15-6-5-7-16(11-15)28(30)31/h4-8,10-12,14H,1,9H2,2-3H3,(H,23,24,29). The van der Waals surface area contributed by atoms with Crippen LogP contribution < -0.4 is 5.32 Å². The molecule has 4 aromatic rings. The van der Waals surface area contributed by atoms with E-state index < -0.39 is 10.2 Å². The van der Waals surface area contributed by atoms with Crippen LogP contribution in [-0.4, -0.2) is 35.8 Å². The smallest absolute Gasteiger partial charge is 0.270 e. The number of aryl methyl sites for hydroxylation is 1. The third-order valence-corrected chi connectivity index (χ3v) is 6.70. The number of hydrogen-bond acceptors (Lipinski definition) is 9. The molecular weight excluding hydrogens is 476 g/mol. The first kappa shape index (κ1) is 23.4. The van der Waals surface area contributed by atoms with E-state index in [-0.39, 0.29) is 11.6 Å². The molecule has 1 atom stereocenters. The Labute approximate surface area is 202 Å². The van der Waals surface area contributed by atoms with Crippen molar-refractivity contribution >= 4 is 39.8 Å². The van der Waals surface area contributed by atoms with Crippen LogP contribution in [0.15, 0.2) is 64.2 Å². The predicted octanol–water partition coefficient (Wildman–Crippen LogP) is 5.18. The quantitative estimate of drug-likeness (QED) is 0.145. The Bertz CT molecular complexity index is 1360. The van der Waals surface area contributed by atoms with Gasteiger partial charge in [0.25, 0.3) is 5.69 Å². The summed E-state index contributed by atoms with van der Waals surface area (Å²) in [5, 5.41) is 24.6. The summed E-state index contributed by atoms with van der Waals surface area (Å²) in [4.78, 5) is 27.8. The number of hydrogen-bond donors (Lipinski definition) is 1. The molecule has 3 heterocycles. The number of allylic oxidation sites excluding steroid dienone is 1. The molecule has 174 valence electrons. The fraction of sp³-hybridized carbons (Fsp3) is 0.182. The molecule has 3 aromatic heterocycles. The SMILES string of the molecule is C=CCn1c(SC(C)C(=O)Nc2nc(-c3cccc([N+](=O)[O-])c3)cs2)nnc1-c1ccoc1C. The fourth-order valence-corrected chi connectivity index (χ4v) is 4.73. The summed E-state index contributed by atoms with van der Waals surface area (Å²) in [6.07, 6.45) is 3.33. The van der Waals surface area contributed by atoms with Crippen molar-refractivity contribution in [3.8, 4) is 22.6 Å². The number of thiazole rings is 1. The van der Waals surface area contributed by atoms with Crippen molar-refractivity contribution in [1.29, 1.82) is 0 Å². The van der Waals surface area contributed by atoms with Crippen LogP contribution in [0.3, 0.4) is 0 Å². The van der Waals surface area contributed by atoms with Gasteiger partial charge in [0.1, 0.15) is 5.76 Å². The lowest BCUT2D eigenvalue weighted by Gasteiger charge is -2.11. The summed E-state index contributed by atoms with van der Waals surface area (Å²) in [6.45, 7) is 7.89. The Hall–Kier alpha value is -3.77. The number of carbonyl (C=O) groups is 1. The summed E-state index contributed by atoms with van der Waals surface area (Å²) in [5.41, 5.74) is 1.97. The van der Waals surface area contributed by atoms with E-state index in [2.05, 4.69) is 27.1 Å². The number of thioether (sulfide) groups is 1. The van der Waals surface area contributed by atoms with E-state index in [1.165, 1.54) is 35.2 Å². The van der Waals surface area contributed by atoms with Crippen molar-refractivity contribution in [1.82, 2.24) is 19.7 Å². The van der Waals surface area contributed by atoms with Crippen LogP contribution in [0, 0.1) is 17.0 Å². The van der Waals surface area contributed by atoms with E-state index in [1.54, 1.807) is 36.8 Å². The van der Waals surface area contributed by atoms with Gasteiger partial charge in [-0.05, 0) is 19.9 Å². The number of aromatic nitrogens is 4. The van der Waals surface area contributed by atoms with Crippen LogP contribution in [0.5, 0.6) is 0 Å². The first-order chi connectivity index (χ1) is 16.4. The van der Waals surface area contributed by atoms with Crippen molar-refractivity contribution in [2.45, 2.75) is 30.8 Å². The van der Waals surface area contributed by atoms with E-state index in [0.717, 1.165) is 11.3 Å². The van der Waals surface area contributed by atoms with Crippen LogP contribution in [0.25, 0.3) is 22.6 Å². The van der Waals surface area contributed by atoms with Crippen molar-refractivity contribution < 1.29 is 14.1 Å². The van der Waals surface area contributed by atoms with E-state index in [9.17, 15) is 14.9 Å². The number of anilines is 1. The number of nitrogens with zero attached hydrogens (tertiary/aromatic N) is 5. The van der Waals surface area contributed by atoms with Crippen LogP contribution in [-0.2, 0) is 11.3 Å².